The molecule has 0 atom stereocenters. The first-order valence-corrected chi connectivity index (χ1v) is 11.8. The van der Waals surface area contributed by atoms with Crippen LogP contribution in [0.3, 0.4) is 0 Å². The van der Waals surface area contributed by atoms with E-state index in [1.807, 2.05) is 48.7 Å². The number of piperidine rings is 1. The Labute approximate surface area is 190 Å². The maximum absolute atomic E-state index is 12.8. The summed E-state index contributed by atoms with van der Waals surface area (Å²) in [5.41, 5.74) is 1.32. The average molecular weight is 452 g/mol. The Kier molecular flexibility index (Phi) is 6.80. The molecule has 2 aromatic carbocycles. The normalized spacial score (nSPS) is 14.3. The second-order valence-electron chi connectivity index (χ2n) is 7.75. The number of carbonyl (C=O) groups excluding carboxylic acids is 3. The zero-order valence-electron chi connectivity index (χ0n) is 17.8. The van der Waals surface area contributed by atoms with Crippen molar-refractivity contribution in [1.82, 2.24) is 10.2 Å². The van der Waals surface area contributed by atoms with Gasteiger partial charge in [0, 0.05) is 29.9 Å². The van der Waals surface area contributed by atoms with Gasteiger partial charge < -0.3 is 20.0 Å². The lowest BCUT2D eigenvalue weighted by atomic mass is 9.96. The van der Waals surface area contributed by atoms with E-state index in [2.05, 4.69) is 10.6 Å². The number of furan rings is 1. The summed E-state index contributed by atoms with van der Waals surface area (Å²) in [6, 6.07) is 16.7. The van der Waals surface area contributed by atoms with Crippen LogP contribution in [0, 0.1) is 5.92 Å². The first-order chi connectivity index (χ1) is 15.5. The van der Waals surface area contributed by atoms with E-state index in [9.17, 15) is 14.4 Å². The molecule has 0 spiro atoms. The Hall–Kier alpha value is -3.26. The van der Waals surface area contributed by atoms with Gasteiger partial charge in [0.15, 0.2) is 5.76 Å². The van der Waals surface area contributed by atoms with Crippen LogP contribution in [0.4, 0.5) is 5.69 Å². The minimum absolute atomic E-state index is 0.115. The molecule has 1 saturated heterocycles. The highest BCUT2D eigenvalue weighted by Gasteiger charge is 2.26. The van der Waals surface area contributed by atoms with E-state index < -0.39 is 11.8 Å². The maximum Gasteiger partial charge on any atom is 0.313 e. The molecule has 2 heterocycles. The fourth-order valence-corrected chi connectivity index (χ4v) is 4.38. The molecular formula is C24H25N3O4S. The lowest BCUT2D eigenvalue weighted by Gasteiger charge is -2.31. The number of fused-ring (bicyclic) bond motifs is 1. The van der Waals surface area contributed by atoms with Crippen molar-refractivity contribution in [3.8, 4) is 0 Å². The SMILES string of the molecule is CSc1ccccc1NC(=O)C(=O)NCC1CCN(C(=O)c2cc3ccccc3o2)CC1. The number of carbonyl (C=O) groups is 3. The summed E-state index contributed by atoms with van der Waals surface area (Å²) in [7, 11) is 0. The third-order valence-electron chi connectivity index (χ3n) is 5.65. The van der Waals surface area contributed by atoms with Gasteiger partial charge in [-0.1, -0.05) is 30.3 Å². The minimum atomic E-state index is -0.677. The zero-order chi connectivity index (χ0) is 22.5. The van der Waals surface area contributed by atoms with Crippen molar-refractivity contribution in [3.05, 3.63) is 60.4 Å². The van der Waals surface area contributed by atoms with E-state index in [0.29, 0.717) is 36.7 Å². The largest absolute Gasteiger partial charge is 0.451 e. The van der Waals surface area contributed by atoms with Crippen molar-refractivity contribution < 1.29 is 18.8 Å². The molecule has 0 aliphatic carbocycles. The van der Waals surface area contributed by atoms with Crippen molar-refractivity contribution >= 4 is 46.1 Å². The number of anilines is 1. The molecule has 8 heteroatoms. The van der Waals surface area contributed by atoms with Crippen LogP contribution in [0.1, 0.15) is 23.4 Å². The number of nitrogens with one attached hydrogen (secondary N) is 2. The van der Waals surface area contributed by atoms with Crippen LogP contribution in [0.15, 0.2) is 63.9 Å². The number of hydrogen-bond acceptors (Lipinski definition) is 5. The summed E-state index contributed by atoms with van der Waals surface area (Å²) >= 11 is 1.50. The Morgan fingerprint density at radius 1 is 1.03 bits per heavy atom. The van der Waals surface area contributed by atoms with Crippen LogP contribution < -0.4 is 10.6 Å². The molecule has 4 rings (SSSR count). The lowest BCUT2D eigenvalue weighted by Crippen LogP contribution is -2.43. The van der Waals surface area contributed by atoms with Gasteiger partial charge in [0.2, 0.25) is 0 Å². The molecule has 0 radical (unpaired) electrons. The van der Waals surface area contributed by atoms with Gasteiger partial charge in [-0.25, -0.2) is 0 Å². The zero-order valence-corrected chi connectivity index (χ0v) is 18.6. The van der Waals surface area contributed by atoms with Crippen LogP contribution in [0.5, 0.6) is 0 Å². The molecular weight excluding hydrogens is 426 g/mol. The molecule has 1 aromatic heterocycles. The fraction of sp³-hybridized carbons (Fsp3) is 0.292. The van der Waals surface area contributed by atoms with E-state index in [1.165, 1.54) is 11.8 Å². The summed E-state index contributed by atoms with van der Waals surface area (Å²) in [6.45, 7) is 1.58. The molecule has 0 unspecified atom stereocenters. The number of likely N-dealkylation sites (tertiary alicyclic amines) is 1. The first kappa shape index (κ1) is 22.0. The van der Waals surface area contributed by atoms with Crippen molar-refractivity contribution in [2.75, 3.05) is 31.2 Å². The summed E-state index contributed by atoms with van der Waals surface area (Å²) in [4.78, 5) is 39.9. The maximum atomic E-state index is 12.8. The third-order valence-corrected chi connectivity index (χ3v) is 6.45. The number of thioether (sulfide) groups is 1. The molecule has 3 aromatic rings. The van der Waals surface area contributed by atoms with Gasteiger partial charge in [-0.3, -0.25) is 14.4 Å². The second-order valence-corrected chi connectivity index (χ2v) is 8.60. The van der Waals surface area contributed by atoms with Gasteiger partial charge in [-0.05, 0) is 49.3 Å². The summed E-state index contributed by atoms with van der Waals surface area (Å²) in [5.74, 6) is -0.883. The summed E-state index contributed by atoms with van der Waals surface area (Å²) in [6.07, 6.45) is 3.42. The van der Waals surface area contributed by atoms with E-state index in [1.54, 1.807) is 17.0 Å². The molecule has 1 fully saturated rings. The Balaban J connectivity index is 1.24. The van der Waals surface area contributed by atoms with E-state index in [0.717, 1.165) is 23.1 Å². The monoisotopic (exact) mass is 451 g/mol. The van der Waals surface area contributed by atoms with E-state index in [4.69, 9.17) is 4.42 Å². The second kappa shape index (κ2) is 9.91. The van der Waals surface area contributed by atoms with Crippen molar-refractivity contribution in [1.29, 1.82) is 0 Å². The summed E-state index contributed by atoms with van der Waals surface area (Å²) < 4.78 is 5.69. The van der Waals surface area contributed by atoms with Crippen molar-refractivity contribution in [2.45, 2.75) is 17.7 Å². The van der Waals surface area contributed by atoms with Gasteiger partial charge in [-0.15, -0.1) is 11.8 Å². The van der Waals surface area contributed by atoms with Gasteiger partial charge in [0.25, 0.3) is 5.91 Å². The fourth-order valence-electron chi connectivity index (χ4n) is 3.83. The molecule has 1 aliphatic heterocycles. The van der Waals surface area contributed by atoms with Crippen molar-refractivity contribution in [3.63, 3.8) is 0 Å². The highest BCUT2D eigenvalue weighted by Crippen LogP contribution is 2.25. The number of rotatable bonds is 5. The topological polar surface area (TPSA) is 91.7 Å². The number of benzene rings is 2. The quantitative estimate of drug-likeness (QED) is 0.455. The van der Waals surface area contributed by atoms with E-state index >= 15 is 0 Å². The molecule has 0 saturated carbocycles. The summed E-state index contributed by atoms with van der Waals surface area (Å²) in [5, 5.41) is 6.30. The first-order valence-electron chi connectivity index (χ1n) is 10.5. The van der Waals surface area contributed by atoms with Crippen LogP contribution in [0.2, 0.25) is 0 Å². The smallest absolute Gasteiger partial charge is 0.313 e. The molecule has 1 aliphatic rings. The number of para-hydroxylation sites is 2. The third kappa shape index (κ3) is 4.96. The molecule has 166 valence electrons. The van der Waals surface area contributed by atoms with Gasteiger partial charge >= 0.3 is 11.8 Å². The number of hydrogen-bond donors (Lipinski definition) is 2. The van der Waals surface area contributed by atoms with Crippen LogP contribution >= 0.6 is 11.8 Å². The Morgan fingerprint density at radius 2 is 1.75 bits per heavy atom. The average Bonchev–Trinajstić information content (AvgIpc) is 3.27. The molecule has 0 bridgehead atoms. The standard InChI is InChI=1S/C24H25N3O4S/c1-32-21-9-5-3-7-18(21)26-23(29)22(28)25-15-16-10-12-27(13-11-16)24(30)20-14-17-6-2-4-8-19(17)31-20/h2-9,14,16H,10-13,15H2,1H3,(H,25,28)(H,26,29). The Bertz CT molecular complexity index is 1100. The molecule has 3 amide bonds. The molecule has 32 heavy (non-hydrogen) atoms. The van der Waals surface area contributed by atoms with Gasteiger partial charge in [0.05, 0.1) is 5.69 Å². The highest BCUT2D eigenvalue weighted by molar-refractivity contribution is 7.98. The van der Waals surface area contributed by atoms with Crippen LogP contribution in [-0.2, 0) is 9.59 Å². The van der Waals surface area contributed by atoms with Gasteiger partial charge in [0.1, 0.15) is 5.58 Å². The van der Waals surface area contributed by atoms with Crippen molar-refractivity contribution in [2.24, 2.45) is 5.92 Å². The predicted molar refractivity (Wildman–Crippen MR) is 125 cm³/mol. The molecule has 2 N–H and O–H groups in total. The Morgan fingerprint density at radius 3 is 2.50 bits per heavy atom. The minimum Gasteiger partial charge on any atom is -0.451 e. The van der Waals surface area contributed by atoms with Crippen LogP contribution in [-0.4, -0.2) is 48.5 Å². The van der Waals surface area contributed by atoms with E-state index in [-0.39, 0.29) is 11.8 Å². The van der Waals surface area contributed by atoms with Crippen LogP contribution in [0.25, 0.3) is 11.0 Å². The lowest BCUT2D eigenvalue weighted by molar-refractivity contribution is -0.136. The number of nitrogens with zero attached hydrogens (tertiary/aromatic N) is 1. The highest BCUT2D eigenvalue weighted by atomic mass is 32.2. The van der Waals surface area contributed by atoms with Gasteiger partial charge in [-0.2, -0.15) is 0 Å². The predicted octanol–water partition coefficient (Wildman–Crippen LogP) is 3.76. The number of amides is 3. The molecule has 7 nitrogen and oxygen atoms in total.